The van der Waals surface area contributed by atoms with Crippen LogP contribution < -0.4 is 5.32 Å². The third-order valence-electron chi connectivity index (χ3n) is 2.27. The molecule has 1 N–H and O–H groups in total. The molecule has 0 aliphatic carbocycles. The highest BCUT2D eigenvalue weighted by molar-refractivity contribution is 4.77. The van der Waals surface area contributed by atoms with E-state index in [9.17, 15) is 0 Å². The van der Waals surface area contributed by atoms with Crippen LogP contribution in [-0.2, 0) is 0 Å². The van der Waals surface area contributed by atoms with Crippen molar-refractivity contribution < 1.29 is 0 Å². The van der Waals surface area contributed by atoms with Gasteiger partial charge in [0.1, 0.15) is 0 Å². The van der Waals surface area contributed by atoms with Crippen LogP contribution in [0.2, 0.25) is 0 Å². The molecule has 0 saturated carbocycles. The summed E-state index contributed by atoms with van der Waals surface area (Å²) in [4.78, 5) is 0. The van der Waals surface area contributed by atoms with Gasteiger partial charge in [-0.1, -0.05) is 27.2 Å². The highest BCUT2D eigenvalue weighted by Crippen LogP contribution is 2.24. The molecule has 0 aromatic heterocycles. The van der Waals surface area contributed by atoms with Crippen LogP contribution in [0.3, 0.4) is 0 Å². The van der Waals surface area contributed by atoms with Gasteiger partial charge in [0.2, 0.25) is 0 Å². The molecule has 0 unspecified atom stereocenters. The van der Waals surface area contributed by atoms with Gasteiger partial charge in [-0.2, -0.15) is 0 Å². The van der Waals surface area contributed by atoms with E-state index in [1.54, 1.807) is 0 Å². The van der Waals surface area contributed by atoms with E-state index >= 15 is 0 Å². The zero-order valence-corrected chi connectivity index (χ0v) is 8.11. The molecule has 0 aromatic rings. The Bertz CT molecular complexity index is 107. The lowest BCUT2D eigenvalue weighted by atomic mass is 9.85. The second-order valence-corrected chi connectivity index (χ2v) is 4.91. The molecule has 1 saturated heterocycles. The zero-order chi connectivity index (χ0) is 8.32. The average molecular weight is 155 g/mol. The molecule has 0 aromatic carbocycles. The smallest absolute Gasteiger partial charge is 0.00720 e. The third kappa shape index (κ3) is 3.76. The molecule has 1 atom stereocenters. The lowest BCUT2D eigenvalue weighted by Gasteiger charge is -2.29. The molecule has 1 rings (SSSR count). The first-order valence-electron chi connectivity index (χ1n) is 4.81. The van der Waals surface area contributed by atoms with Gasteiger partial charge in [-0.15, -0.1) is 0 Å². The third-order valence-corrected chi connectivity index (χ3v) is 2.27. The number of rotatable bonds is 1. The maximum Gasteiger partial charge on any atom is 0.00720 e. The predicted molar refractivity (Wildman–Crippen MR) is 49.7 cm³/mol. The summed E-state index contributed by atoms with van der Waals surface area (Å²) in [6.45, 7) is 8.20. The fraction of sp³-hybridized carbons (Fsp3) is 1.00. The predicted octanol–water partition coefficient (Wildman–Crippen LogP) is 2.56. The molecule has 0 radical (unpaired) electrons. The van der Waals surface area contributed by atoms with E-state index in [1.165, 1.54) is 32.2 Å². The molecule has 1 aliphatic rings. The molecular formula is C10H21N. The Labute approximate surface area is 70.6 Å². The lowest BCUT2D eigenvalue weighted by Crippen LogP contribution is -2.36. The Morgan fingerprint density at radius 2 is 2.00 bits per heavy atom. The first kappa shape index (κ1) is 9.05. The van der Waals surface area contributed by atoms with Crippen molar-refractivity contribution in [3.8, 4) is 0 Å². The van der Waals surface area contributed by atoms with Crippen molar-refractivity contribution in [2.45, 2.75) is 52.5 Å². The fourth-order valence-electron chi connectivity index (χ4n) is 1.84. The molecular weight excluding hydrogens is 134 g/mol. The fourth-order valence-corrected chi connectivity index (χ4v) is 1.84. The van der Waals surface area contributed by atoms with Crippen LogP contribution in [0.5, 0.6) is 0 Å². The first-order chi connectivity index (χ1) is 5.08. The van der Waals surface area contributed by atoms with E-state index in [0.717, 1.165) is 6.04 Å². The summed E-state index contributed by atoms with van der Waals surface area (Å²) in [5.74, 6) is 0. The summed E-state index contributed by atoms with van der Waals surface area (Å²) in [6.07, 6.45) is 5.51. The van der Waals surface area contributed by atoms with E-state index in [2.05, 4.69) is 26.1 Å². The van der Waals surface area contributed by atoms with Crippen molar-refractivity contribution in [3.63, 3.8) is 0 Å². The summed E-state index contributed by atoms with van der Waals surface area (Å²) in [5.41, 5.74) is 0.495. The maximum atomic E-state index is 3.58. The number of hydrogen-bond acceptors (Lipinski definition) is 1. The van der Waals surface area contributed by atoms with Crippen LogP contribution in [0.4, 0.5) is 0 Å². The van der Waals surface area contributed by atoms with Gasteiger partial charge in [-0.05, 0) is 31.2 Å². The molecule has 1 heteroatoms. The summed E-state index contributed by atoms with van der Waals surface area (Å²) in [6, 6.07) is 0.795. The van der Waals surface area contributed by atoms with Gasteiger partial charge < -0.3 is 5.32 Å². The van der Waals surface area contributed by atoms with Gasteiger partial charge in [0, 0.05) is 6.04 Å². The second-order valence-electron chi connectivity index (χ2n) is 4.91. The van der Waals surface area contributed by atoms with E-state index < -0.39 is 0 Å². The molecule has 1 fully saturated rings. The average Bonchev–Trinajstić information content (AvgIpc) is 1.85. The van der Waals surface area contributed by atoms with Crippen LogP contribution in [0, 0.1) is 5.41 Å². The minimum absolute atomic E-state index is 0.495. The number of hydrogen-bond donors (Lipinski definition) is 1. The molecule has 11 heavy (non-hydrogen) atoms. The molecule has 66 valence electrons. The monoisotopic (exact) mass is 155 g/mol. The Kier molecular flexibility index (Phi) is 2.94. The molecule has 0 amide bonds. The van der Waals surface area contributed by atoms with Crippen molar-refractivity contribution in [1.29, 1.82) is 0 Å². The Morgan fingerprint density at radius 3 is 2.45 bits per heavy atom. The van der Waals surface area contributed by atoms with Gasteiger partial charge in [0.05, 0.1) is 0 Å². The highest BCUT2D eigenvalue weighted by atomic mass is 14.9. The quantitative estimate of drug-likeness (QED) is 0.613. The van der Waals surface area contributed by atoms with Gasteiger partial charge in [0.15, 0.2) is 0 Å². The van der Waals surface area contributed by atoms with Crippen molar-refractivity contribution in [2.24, 2.45) is 5.41 Å². The maximum absolute atomic E-state index is 3.58. The van der Waals surface area contributed by atoms with Crippen LogP contribution in [0.1, 0.15) is 46.5 Å². The van der Waals surface area contributed by atoms with Crippen molar-refractivity contribution >= 4 is 0 Å². The van der Waals surface area contributed by atoms with E-state index in [-0.39, 0.29) is 0 Å². The standard InChI is InChI=1S/C10H21N/c1-10(2,3)8-9-6-4-5-7-11-9/h9,11H,4-8H2,1-3H3/t9-/m1/s1. The first-order valence-corrected chi connectivity index (χ1v) is 4.81. The van der Waals surface area contributed by atoms with Crippen LogP contribution in [-0.4, -0.2) is 12.6 Å². The number of piperidine rings is 1. The summed E-state index contributed by atoms with van der Waals surface area (Å²) in [7, 11) is 0. The topological polar surface area (TPSA) is 12.0 Å². The van der Waals surface area contributed by atoms with Crippen molar-refractivity contribution in [3.05, 3.63) is 0 Å². The lowest BCUT2D eigenvalue weighted by molar-refractivity contribution is 0.274. The van der Waals surface area contributed by atoms with Crippen LogP contribution >= 0.6 is 0 Å². The van der Waals surface area contributed by atoms with E-state index in [4.69, 9.17) is 0 Å². The SMILES string of the molecule is CC(C)(C)C[C@H]1CCCCN1. The summed E-state index contributed by atoms with van der Waals surface area (Å²) < 4.78 is 0. The normalized spacial score (nSPS) is 27.0. The minimum Gasteiger partial charge on any atom is -0.314 e. The van der Waals surface area contributed by atoms with Crippen molar-refractivity contribution in [2.75, 3.05) is 6.54 Å². The Morgan fingerprint density at radius 1 is 1.27 bits per heavy atom. The molecule has 1 aliphatic heterocycles. The van der Waals surface area contributed by atoms with Gasteiger partial charge >= 0.3 is 0 Å². The summed E-state index contributed by atoms with van der Waals surface area (Å²) in [5, 5.41) is 3.58. The summed E-state index contributed by atoms with van der Waals surface area (Å²) >= 11 is 0. The highest BCUT2D eigenvalue weighted by Gasteiger charge is 2.19. The van der Waals surface area contributed by atoms with Gasteiger partial charge in [-0.3, -0.25) is 0 Å². The Balaban J connectivity index is 2.24. The largest absolute Gasteiger partial charge is 0.314 e. The number of nitrogens with one attached hydrogen (secondary N) is 1. The minimum atomic E-state index is 0.495. The molecule has 0 spiro atoms. The zero-order valence-electron chi connectivity index (χ0n) is 8.11. The van der Waals surface area contributed by atoms with E-state index in [0.29, 0.717) is 5.41 Å². The molecule has 1 heterocycles. The van der Waals surface area contributed by atoms with Gasteiger partial charge in [0.25, 0.3) is 0 Å². The Hall–Kier alpha value is -0.0400. The van der Waals surface area contributed by atoms with Crippen LogP contribution in [0.15, 0.2) is 0 Å². The van der Waals surface area contributed by atoms with Crippen LogP contribution in [0.25, 0.3) is 0 Å². The molecule has 1 nitrogen and oxygen atoms in total. The van der Waals surface area contributed by atoms with Crippen molar-refractivity contribution in [1.82, 2.24) is 5.32 Å². The second kappa shape index (κ2) is 3.57. The van der Waals surface area contributed by atoms with E-state index in [1.807, 2.05) is 0 Å². The molecule has 0 bridgehead atoms. The van der Waals surface area contributed by atoms with Gasteiger partial charge in [-0.25, -0.2) is 0 Å².